The van der Waals surface area contributed by atoms with Gasteiger partial charge in [-0.2, -0.15) is 0 Å². The van der Waals surface area contributed by atoms with Gasteiger partial charge in [0.2, 0.25) is 0 Å². The maximum Gasteiger partial charge on any atom is 0.264 e. The Morgan fingerprint density at radius 1 is 1.18 bits per heavy atom. The van der Waals surface area contributed by atoms with E-state index in [1.807, 2.05) is 0 Å². The number of nitrogens with one attached hydrogen (secondary N) is 1. The highest BCUT2D eigenvalue weighted by molar-refractivity contribution is 5.91. The van der Waals surface area contributed by atoms with Crippen molar-refractivity contribution in [1.82, 2.24) is 19.4 Å². The summed E-state index contributed by atoms with van der Waals surface area (Å²) in [4.78, 5) is 23.6. The molecule has 10 heteroatoms. The van der Waals surface area contributed by atoms with Crippen LogP contribution in [0.3, 0.4) is 0 Å². The van der Waals surface area contributed by atoms with Crippen molar-refractivity contribution in [2.24, 2.45) is 7.05 Å². The largest absolute Gasteiger partial charge is 0.493 e. The number of rotatable bonds is 11. The third-order valence-corrected chi connectivity index (χ3v) is 5.35. The molecule has 0 bridgehead atoms. The van der Waals surface area contributed by atoms with E-state index in [4.69, 9.17) is 9.47 Å². The van der Waals surface area contributed by atoms with Crippen LogP contribution in [-0.2, 0) is 7.05 Å². The highest BCUT2D eigenvalue weighted by Crippen LogP contribution is 2.33. The molecule has 0 atom stereocenters. The van der Waals surface area contributed by atoms with Crippen LogP contribution >= 0.6 is 0 Å². The van der Waals surface area contributed by atoms with Gasteiger partial charge in [0.15, 0.2) is 11.5 Å². The summed E-state index contributed by atoms with van der Waals surface area (Å²) in [6, 6.07) is 7.01. The first kappa shape index (κ1) is 24.4. The van der Waals surface area contributed by atoms with Gasteiger partial charge in [-0.1, -0.05) is 13.8 Å². The van der Waals surface area contributed by atoms with Gasteiger partial charge in [-0.05, 0) is 37.4 Å². The number of halogens is 2. The first-order chi connectivity index (χ1) is 15.9. The van der Waals surface area contributed by atoms with Crippen molar-refractivity contribution in [3.63, 3.8) is 0 Å². The summed E-state index contributed by atoms with van der Waals surface area (Å²) in [5.74, 6) is 1.18. The molecule has 178 valence electrons. The number of aryl methyl sites for hydroxylation is 1. The van der Waals surface area contributed by atoms with Crippen molar-refractivity contribution in [2.45, 2.75) is 20.3 Å². The van der Waals surface area contributed by atoms with Gasteiger partial charge in [-0.15, -0.1) is 0 Å². The van der Waals surface area contributed by atoms with Crippen LogP contribution in [0.25, 0.3) is 22.2 Å². The standard InChI is InChI=1S/C23H29F2N5O3/c1-5-30(6-2)9-10-33-18-8-7-15(11-19(18)32-4)16-12-17-21(23(31)29(3)14-27-17)22(28-16)26-13-20(24)25/h7-8,11-12,14,20H,5-6,9-10,13H2,1-4H3,(H,26,28). The lowest BCUT2D eigenvalue weighted by Gasteiger charge is -2.19. The Kier molecular flexibility index (Phi) is 8.16. The van der Waals surface area contributed by atoms with Gasteiger partial charge in [0.25, 0.3) is 12.0 Å². The smallest absolute Gasteiger partial charge is 0.264 e. The fourth-order valence-electron chi connectivity index (χ4n) is 3.44. The van der Waals surface area contributed by atoms with Crippen molar-refractivity contribution in [2.75, 3.05) is 45.2 Å². The van der Waals surface area contributed by atoms with Gasteiger partial charge in [0, 0.05) is 19.2 Å². The molecule has 3 aromatic rings. The lowest BCUT2D eigenvalue weighted by molar-refractivity contribution is 0.163. The third-order valence-electron chi connectivity index (χ3n) is 5.35. The number of hydrogen-bond donors (Lipinski definition) is 1. The molecule has 1 N–H and O–H groups in total. The molecule has 0 amide bonds. The molecular weight excluding hydrogens is 432 g/mol. The Morgan fingerprint density at radius 3 is 2.61 bits per heavy atom. The summed E-state index contributed by atoms with van der Waals surface area (Å²) in [6.45, 7) is 6.77. The third kappa shape index (κ3) is 5.75. The van der Waals surface area contributed by atoms with Gasteiger partial charge in [-0.25, -0.2) is 18.7 Å². The Balaban J connectivity index is 1.96. The van der Waals surface area contributed by atoms with E-state index in [-0.39, 0.29) is 16.8 Å². The zero-order valence-electron chi connectivity index (χ0n) is 19.3. The number of anilines is 1. The number of likely N-dealkylation sites (N-methyl/N-ethyl adjacent to an activating group) is 1. The molecule has 0 spiro atoms. The van der Waals surface area contributed by atoms with Gasteiger partial charge in [0.05, 0.1) is 31.2 Å². The number of hydrogen-bond acceptors (Lipinski definition) is 7. The van der Waals surface area contributed by atoms with E-state index in [9.17, 15) is 13.6 Å². The van der Waals surface area contributed by atoms with E-state index in [1.54, 1.807) is 38.4 Å². The lowest BCUT2D eigenvalue weighted by atomic mass is 10.1. The van der Waals surface area contributed by atoms with Crippen LogP contribution < -0.4 is 20.3 Å². The molecule has 0 aliphatic rings. The lowest BCUT2D eigenvalue weighted by Crippen LogP contribution is -2.27. The van der Waals surface area contributed by atoms with Crippen LogP contribution in [0.2, 0.25) is 0 Å². The van der Waals surface area contributed by atoms with Crippen LogP contribution in [0.5, 0.6) is 11.5 Å². The van der Waals surface area contributed by atoms with Gasteiger partial charge >= 0.3 is 0 Å². The molecule has 3 rings (SSSR count). The molecule has 0 aliphatic heterocycles. The summed E-state index contributed by atoms with van der Waals surface area (Å²) < 4.78 is 38.4. The van der Waals surface area contributed by atoms with Gasteiger partial charge in [-0.3, -0.25) is 4.79 Å². The van der Waals surface area contributed by atoms with E-state index >= 15 is 0 Å². The minimum Gasteiger partial charge on any atom is -0.493 e. The topological polar surface area (TPSA) is 81.5 Å². The minimum atomic E-state index is -2.60. The molecule has 1 aromatic carbocycles. The number of benzene rings is 1. The molecule has 0 saturated carbocycles. The summed E-state index contributed by atoms with van der Waals surface area (Å²) in [7, 11) is 3.09. The Bertz CT molecular complexity index is 1150. The number of pyridine rings is 1. The van der Waals surface area contributed by atoms with E-state index in [0.717, 1.165) is 19.6 Å². The molecule has 2 heterocycles. The van der Waals surface area contributed by atoms with E-state index < -0.39 is 13.0 Å². The second-order valence-corrected chi connectivity index (χ2v) is 7.42. The van der Waals surface area contributed by atoms with E-state index in [0.29, 0.717) is 34.9 Å². The quantitative estimate of drug-likeness (QED) is 0.469. The Labute approximate surface area is 191 Å². The van der Waals surface area contributed by atoms with Crippen molar-refractivity contribution < 1.29 is 18.3 Å². The average molecular weight is 462 g/mol. The summed E-state index contributed by atoms with van der Waals surface area (Å²) in [5, 5.41) is 2.74. The highest BCUT2D eigenvalue weighted by atomic mass is 19.3. The maximum absolute atomic E-state index is 12.8. The summed E-state index contributed by atoms with van der Waals surface area (Å²) in [6.07, 6.45) is -1.21. The van der Waals surface area contributed by atoms with E-state index in [1.165, 1.54) is 10.9 Å². The maximum atomic E-state index is 12.8. The van der Waals surface area contributed by atoms with Crippen molar-refractivity contribution in [1.29, 1.82) is 0 Å². The monoisotopic (exact) mass is 461 g/mol. The number of ether oxygens (including phenoxy) is 2. The molecule has 8 nitrogen and oxygen atoms in total. The predicted molar refractivity (Wildman–Crippen MR) is 125 cm³/mol. The fraction of sp³-hybridized carbons (Fsp3) is 0.435. The second kappa shape index (κ2) is 11.0. The SMILES string of the molecule is CCN(CC)CCOc1ccc(-c2cc3ncn(C)c(=O)c3c(NCC(F)F)n2)cc1OC. The average Bonchev–Trinajstić information content (AvgIpc) is 2.82. The van der Waals surface area contributed by atoms with Gasteiger partial charge in [0.1, 0.15) is 17.8 Å². The molecule has 0 saturated heterocycles. The van der Waals surface area contributed by atoms with E-state index in [2.05, 4.69) is 34.0 Å². The van der Waals surface area contributed by atoms with Crippen molar-refractivity contribution in [3.05, 3.63) is 40.9 Å². The van der Waals surface area contributed by atoms with Crippen LogP contribution in [0.4, 0.5) is 14.6 Å². The predicted octanol–water partition coefficient (Wildman–Crippen LogP) is 3.40. The summed E-state index contributed by atoms with van der Waals surface area (Å²) in [5.41, 5.74) is 1.13. The molecule has 0 unspecified atom stereocenters. The number of nitrogens with zero attached hydrogens (tertiary/aromatic N) is 4. The Hall–Kier alpha value is -3.27. The Morgan fingerprint density at radius 2 is 1.94 bits per heavy atom. The van der Waals surface area contributed by atoms with Crippen molar-refractivity contribution in [3.8, 4) is 22.8 Å². The number of methoxy groups -OCH3 is 1. The summed E-state index contributed by atoms with van der Waals surface area (Å²) >= 11 is 0. The minimum absolute atomic E-state index is 0.0648. The second-order valence-electron chi connectivity index (χ2n) is 7.42. The van der Waals surface area contributed by atoms with Crippen molar-refractivity contribution >= 4 is 16.7 Å². The van der Waals surface area contributed by atoms with Crippen LogP contribution in [-0.4, -0.2) is 65.8 Å². The van der Waals surface area contributed by atoms with Crippen LogP contribution in [0, 0.1) is 0 Å². The first-order valence-electron chi connectivity index (χ1n) is 10.8. The molecule has 33 heavy (non-hydrogen) atoms. The zero-order chi connectivity index (χ0) is 24.0. The number of fused-ring (bicyclic) bond motifs is 1. The molecule has 0 aliphatic carbocycles. The van der Waals surface area contributed by atoms with Gasteiger partial charge < -0.3 is 24.3 Å². The number of aromatic nitrogens is 3. The fourth-order valence-corrected chi connectivity index (χ4v) is 3.44. The normalized spacial score (nSPS) is 11.4. The first-order valence-corrected chi connectivity index (χ1v) is 10.8. The van der Waals surface area contributed by atoms with Crippen LogP contribution in [0.15, 0.2) is 35.4 Å². The molecule has 2 aromatic heterocycles. The number of alkyl halides is 2. The zero-order valence-corrected chi connectivity index (χ0v) is 19.3. The molecule has 0 radical (unpaired) electrons. The molecule has 0 fully saturated rings. The van der Waals surface area contributed by atoms with Crippen LogP contribution in [0.1, 0.15) is 13.8 Å². The highest BCUT2D eigenvalue weighted by Gasteiger charge is 2.16. The molecular formula is C23H29F2N5O3.